The highest BCUT2D eigenvalue weighted by Crippen LogP contribution is 2.44. The van der Waals surface area contributed by atoms with Crippen LogP contribution in [0.5, 0.6) is 0 Å². The second-order valence-electron chi connectivity index (χ2n) is 6.12. The molecular weight excluding hydrogens is 468 g/mol. The normalized spacial score (nSPS) is 16.7. The summed E-state index contributed by atoms with van der Waals surface area (Å²) in [5.41, 5.74) is -4.01. The van der Waals surface area contributed by atoms with E-state index in [9.17, 15) is 30.7 Å². The van der Waals surface area contributed by atoms with Crippen molar-refractivity contribution in [1.29, 1.82) is 0 Å². The predicted molar refractivity (Wildman–Crippen MR) is 102 cm³/mol. The molecule has 0 spiro atoms. The Hall–Kier alpha value is -1.07. The molecule has 29 heavy (non-hydrogen) atoms. The monoisotopic (exact) mass is 484 g/mol. The quantitative estimate of drug-likeness (QED) is 0.557. The van der Waals surface area contributed by atoms with Crippen LogP contribution in [-0.4, -0.2) is 31.1 Å². The van der Waals surface area contributed by atoms with Crippen LogP contribution < -0.4 is 5.32 Å². The molecule has 1 saturated heterocycles. The summed E-state index contributed by atoms with van der Waals surface area (Å²) in [5.74, 6) is -1.51. The molecule has 0 amide bonds. The highest BCUT2D eigenvalue weighted by atomic mass is 35.5. The molecule has 1 N–H and O–H groups in total. The summed E-state index contributed by atoms with van der Waals surface area (Å²) in [5, 5.41) is 4.69. The van der Waals surface area contributed by atoms with Crippen LogP contribution in [0.25, 0.3) is 0 Å². The highest BCUT2D eigenvalue weighted by molar-refractivity contribution is 7.10. The predicted octanol–water partition coefficient (Wildman–Crippen LogP) is 5.76. The molecule has 1 aliphatic rings. The Morgan fingerprint density at radius 1 is 0.966 bits per heavy atom. The van der Waals surface area contributed by atoms with Crippen molar-refractivity contribution in [3.8, 4) is 0 Å². The van der Waals surface area contributed by atoms with Crippen LogP contribution in [0.15, 0.2) is 29.6 Å². The Kier molecular flexibility index (Phi) is 8.80. The lowest BCUT2D eigenvalue weighted by Crippen LogP contribution is -2.45. The molecule has 1 fully saturated rings. The lowest BCUT2D eigenvalue weighted by atomic mass is 9.93. The highest BCUT2D eigenvalue weighted by Gasteiger charge is 2.43. The number of alkyl halides is 6. The van der Waals surface area contributed by atoms with E-state index in [0.717, 1.165) is 11.3 Å². The molecule has 2 heterocycles. The van der Waals surface area contributed by atoms with E-state index >= 15 is 0 Å². The Bertz CT molecular complexity index is 788. The summed E-state index contributed by atoms with van der Waals surface area (Å²) < 4.78 is 94.4. The molecule has 0 saturated carbocycles. The van der Waals surface area contributed by atoms with Gasteiger partial charge in [0.15, 0.2) is 0 Å². The zero-order valence-corrected chi connectivity index (χ0v) is 17.1. The summed E-state index contributed by atoms with van der Waals surface area (Å²) in [4.78, 5) is 2.10. The fourth-order valence-corrected chi connectivity index (χ4v) is 4.05. The van der Waals surface area contributed by atoms with Crippen molar-refractivity contribution in [3.63, 3.8) is 0 Å². The molecule has 2 aromatic rings. The number of hydrogen-bond donors (Lipinski definition) is 1. The van der Waals surface area contributed by atoms with Gasteiger partial charge in [-0.3, -0.25) is 4.90 Å². The maximum absolute atomic E-state index is 14.7. The third-order valence-electron chi connectivity index (χ3n) is 4.37. The minimum atomic E-state index is -5.12. The average Bonchev–Trinajstić information content (AvgIpc) is 3.09. The van der Waals surface area contributed by atoms with Crippen LogP contribution in [0, 0.1) is 5.82 Å². The molecule has 164 valence electrons. The fraction of sp³-hybridized carbons (Fsp3) is 0.412. The zero-order chi connectivity index (χ0) is 19.8. The second-order valence-corrected chi connectivity index (χ2v) is 7.10. The standard InChI is InChI=1S/C17H15F7N2S.2ClH/c18-12-9-10(16(19,20)21)8-11(17(22,23)24)14(12)15(13-2-1-7-27-13)26-5-3-25-4-6-26;;/h1-2,7-9,15,25H,3-6H2;2*1H/t15-;;/m0../s1. The van der Waals surface area contributed by atoms with Crippen LogP contribution in [-0.2, 0) is 12.4 Å². The minimum absolute atomic E-state index is 0. The van der Waals surface area contributed by atoms with Crippen molar-refractivity contribution in [3.05, 3.63) is 57.0 Å². The largest absolute Gasteiger partial charge is 0.416 e. The van der Waals surface area contributed by atoms with Crippen molar-refractivity contribution in [2.45, 2.75) is 18.4 Å². The number of thiophene rings is 1. The Labute approximate surface area is 178 Å². The van der Waals surface area contributed by atoms with E-state index in [-0.39, 0.29) is 36.9 Å². The van der Waals surface area contributed by atoms with Gasteiger partial charge in [-0.25, -0.2) is 4.39 Å². The van der Waals surface area contributed by atoms with Gasteiger partial charge in [0.1, 0.15) is 5.82 Å². The van der Waals surface area contributed by atoms with Gasteiger partial charge in [0.05, 0.1) is 17.2 Å². The second kappa shape index (κ2) is 9.82. The van der Waals surface area contributed by atoms with Crippen LogP contribution in [0.2, 0.25) is 0 Å². The van der Waals surface area contributed by atoms with Crippen LogP contribution in [0.4, 0.5) is 30.7 Å². The average molecular weight is 485 g/mol. The molecule has 3 rings (SSSR count). The van der Waals surface area contributed by atoms with E-state index in [1.54, 1.807) is 22.4 Å². The molecule has 1 aromatic heterocycles. The number of nitrogens with zero attached hydrogens (tertiary/aromatic N) is 1. The van der Waals surface area contributed by atoms with Gasteiger partial charge in [0.2, 0.25) is 0 Å². The number of rotatable bonds is 3. The summed E-state index contributed by atoms with van der Waals surface area (Å²) in [6, 6.07) is 2.22. The Morgan fingerprint density at radius 3 is 2.07 bits per heavy atom. The fourth-order valence-electron chi connectivity index (χ4n) is 3.19. The lowest BCUT2D eigenvalue weighted by Gasteiger charge is -2.36. The van der Waals surface area contributed by atoms with Gasteiger partial charge in [-0.2, -0.15) is 26.3 Å². The number of piperazine rings is 1. The van der Waals surface area contributed by atoms with Gasteiger partial charge in [-0.15, -0.1) is 36.2 Å². The van der Waals surface area contributed by atoms with Crippen LogP contribution in [0.1, 0.15) is 27.6 Å². The van der Waals surface area contributed by atoms with Crippen molar-refractivity contribution in [2.24, 2.45) is 0 Å². The molecule has 12 heteroatoms. The summed E-state index contributed by atoms with van der Waals surface area (Å²) in [6.07, 6.45) is -10.2. The Morgan fingerprint density at radius 2 is 1.59 bits per heavy atom. The topological polar surface area (TPSA) is 15.3 Å². The van der Waals surface area contributed by atoms with Gasteiger partial charge in [0.25, 0.3) is 0 Å². The number of hydrogen-bond acceptors (Lipinski definition) is 3. The third kappa shape index (κ3) is 5.75. The van der Waals surface area contributed by atoms with Gasteiger partial charge in [0, 0.05) is 36.6 Å². The molecule has 1 aliphatic heterocycles. The van der Waals surface area contributed by atoms with Crippen LogP contribution in [0.3, 0.4) is 0 Å². The minimum Gasteiger partial charge on any atom is -0.314 e. The summed E-state index contributed by atoms with van der Waals surface area (Å²) >= 11 is 1.14. The molecule has 0 unspecified atom stereocenters. The first kappa shape index (κ1) is 26.0. The van der Waals surface area contributed by atoms with Crippen molar-refractivity contribution in [2.75, 3.05) is 26.2 Å². The first-order valence-electron chi connectivity index (χ1n) is 8.05. The molecular formula is C17H17Cl2F7N2S. The molecule has 0 radical (unpaired) electrons. The maximum atomic E-state index is 14.7. The first-order valence-corrected chi connectivity index (χ1v) is 8.93. The van der Waals surface area contributed by atoms with E-state index in [2.05, 4.69) is 5.32 Å². The van der Waals surface area contributed by atoms with E-state index in [1.807, 2.05) is 0 Å². The van der Waals surface area contributed by atoms with Crippen molar-refractivity contribution >= 4 is 36.2 Å². The van der Waals surface area contributed by atoms with Gasteiger partial charge in [-0.1, -0.05) is 6.07 Å². The lowest BCUT2D eigenvalue weighted by molar-refractivity contribution is -0.144. The molecule has 0 aliphatic carbocycles. The van der Waals surface area contributed by atoms with Crippen molar-refractivity contribution < 1.29 is 30.7 Å². The van der Waals surface area contributed by atoms with Gasteiger partial charge >= 0.3 is 12.4 Å². The molecule has 0 bridgehead atoms. The molecule has 2 nitrogen and oxygen atoms in total. The summed E-state index contributed by atoms with van der Waals surface area (Å²) in [6.45, 7) is 1.68. The van der Waals surface area contributed by atoms with Crippen LogP contribution >= 0.6 is 36.2 Å². The van der Waals surface area contributed by atoms with E-state index in [4.69, 9.17) is 0 Å². The first-order chi connectivity index (χ1) is 12.6. The SMILES string of the molecule is Cl.Cl.Fc1cc(C(F)(F)F)cc(C(F)(F)F)c1[C@H](c1cccs1)N1CCNCC1. The molecule has 1 aromatic carbocycles. The smallest absolute Gasteiger partial charge is 0.314 e. The van der Waals surface area contributed by atoms with E-state index < -0.39 is 40.9 Å². The van der Waals surface area contributed by atoms with Gasteiger partial charge in [-0.05, 0) is 23.6 Å². The maximum Gasteiger partial charge on any atom is 0.416 e. The van der Waals surface area contributed by atoms with E-state index in [0.29, 0.717) is 31.1 Å². The number of benzene rings is 1. The number of halogens is 9. The number of nitrogens with one attached hydrogen (secondary N) is 1. The third-order valence-corrected chi connectivity index (χ3v) is 5.29. The van der Waals surface area contributed by atoms with Crippen molar-refractivity contribution in [1.82, 2.24) is 10.2 Å². The zero-order valence-electron chi connectivity index (χ0n) is 14.6. The Balaban J connectivity index is 0.00000210. The van der Waals surface area contributed by atoms with E-state index in [1.165, 1.54) is 0 Å². The summed E-state index contributed by atoms with van der Waals surface area (Å²) in [7, 11) is 0. The molecule has 1 atom stereocenters. The van der Waals surface area contributed by atoms with Gasteiger partial charge < -0.3 is 5.32 Å².